The normalized spacial score (nSPS) is 26.5. The predicted octanol–water partition coefficient (Wildman–Crippen LogP) is 2.02. The topological polar surface area (TPSA) is 81.3 Å². The Kier molecular flexibility index (Phi) is 5.33. The number of nitrogens with zero attached hydrogens (tertiary/aromatic N) is 3. The monoisotopic (exact) mass is 399 g/mol. The third kappa shape index (κ3) is 4.49. The summed E-state index contributed by atoms with van der Waals surface area (Å²) in [7, 11) is 0. The van der Waals surface area contributed by atoms with E-state index in [4.69, 9.17) is 0 Å². The van der Waals surface area contributed by atoms with Crippen molar-refractivity contribution in [3.63, 3.8) is 0 Å². The van der Waals surface area contributed by atoms with E-state index in [0.29, 0.717) is 30.3 Å². The molecule has 2 N–H and O–H groups in total. The first-order chi connectivity index (χ1) is 14.2. The number of carbonyl (C=O) groups is 2. The molecule has 3 heterocycles. The number of rotatable bonds is 6. The van der Waals surface area contributed by atoms with Crippen molar-refractivity contribution in [2.24, 2.45) is 11.8 Å². The number of hydrogen-bond acceptors (Lipinski definition) is 4. The Hall–Kier alpha value is -1.89. The molecule has 4 fully saturated rings. The highest BCUT2D eigenvalue weighted by molar-refractivity contribution is 5.81. The molecule has 0 bridgehead atoms. The number of carbonyl (C=O) groups excluding carboxylic acids is 2. The fraction of sp³-hybridized carbons (Fsp3) is 0.773. The molecule has 5 rings (SSSR count). The summed E-state index contributed by atoms with van der Waals surface area (Å²) in [4.78, 5) is 29.6. The first-order valence-corrected chi connectivity index (χ1v) is 11.5. The molecule has 1 atom stereocenters. The van der Waals surface area contributed by atoms with Gasteiger partial charge < -0.3 is 10.2 Å². The highest BCUT2D eigenvalue weighted by Gasteiger charge is 2.37. The van der Waals surface area contributed by atoms with E-state index in [9.17, 15) is 9.59 Å². The maximum absolute atomic E-state index is 12.8. The summed E-state index contributed by atoms with van der Waals surface area (Å²) in [6.45, 7) is 4.24. The van der Waals surface area contributed by atoms with Gasteiger partial charge in [0.05, 0.1) is 23.9 Å². The average molecular weight is 400 g/mol. The molecule has 7 nitrogen and oxygen atoms in total. The maximum atomic E-state index is 12.8. The van der Waals surface area contributed by atoms with Crippen molar-refractivity contribution in [2.75, 3.05) is 26.2 Å². The van der Waals surface area contributed by atoms with Crippen LogP contribution in [0.25, 0.3) is 0 Å². The molecule has 7 heteroatoms. The smallest absolute Gasteiger partial charge is 0.225 e. The Morgan fingerprint density at radius 3 is 2.55 bits per heavy atom. The van der Waals surface area contributed by atoms with Crippen LogP contribution in [0.15, 0.2) is 6.07 Å². The molecule has 0 aromatic carbocycles. The number of amides is 2. The van der Waals surface area contributed by atoms with Crippen molar-refractivity contribution in [2.45, 2.75) is 69.9 Å². The van der Waals surface area contributed by atoms with Crippen LogP contribution in [0.3, 0.4) is 0 Å². The molecule has 2 aliphatic carbocycles. The number of nitrogens with one attached hydrogen (secondary N) is 2. The quantitative estimate of drug-likeness (QED) is 0.767. The van der Waals surface area contributed by atoms with Crippen LogP contribution >= 0.6 is 0 Å². The second kappa shape index (κ2) is 8.09. The molecule has 2 saturated carbocycles. The lowest BCUT2D eigenvalue weighted by Crippen LogP contribution is -2.51. The van der Waals surface area contributed by atoms with E-state index in [1.165, 1.54) is 12.8 Å². The Balaban J connectivity index is 1.08. The van der Waals surface area contributed by atoms with E-state index in [1.807, 2.05) is 0 Å². The van der Waals surface area contributed by atoms with Gasteiger partial charge in [0.25, 0.3) is 0 Å². The minimum Gasteiger partial charge on any atom is -0.350 e. The van der Waals surface area contributed by atoms with Crippen molar-refractivity contribution in [3.8, 4) is 0 Å². The molecule has 1 aromatic rings. The van der Waals surface area contributed by atoms with E-state index in [-0.39, 0.29) is 11.8 Å². The molecule has 2 saturated heterocycles. The van der Waals surface area contributed by atoms with Crippen LogP contribution < -0.4 is 5.32 Å². The molecule has 158 valence electrons. The van der Waals surface area contributed by atoms with Gasteiger partial charge in [-0.15, -0.1) is 0 Å². The predicted molar refractivity (Wildman–Crippen MR) is 109 cm³/mol. The SMILES string of the molecule is O=C(NCc1cc(C2CC2)n[nH]1)[C@@H]1CCCN(C2CCN(C(=O)C3CC3)CC2)C1. The zero-order chi connectivity index (χ0) is 19.8. The van der Waals surface area contributed by atoms with Crippen molar-refractivity contribution in [3.05, 3.63) is 17.5 Å². The van der Waals surface area contributed by atoms with E-state index >= 15 is 0 Å². The van der Waals surface area contributed by atoms with Gasteiger partial charge in [0.15, 0.2) is 0 Å². The van der Waals surface area contributed by atoms with Gasteiger partial charge in [-0.2, -0.15) is 5.10 Å². The van der Waals surface area contributed by atoms with Gasteiger partial charge >= 0.3 is 0 Å². The molecule has 2 aliphatic heterocycles. The number of H-pyrrole nitrogens is 1. The number of aromatic nitrogens is 2. The number of hydrogen-bond donors (Lipinski definition) is 2. The standard InChI is InChI=1S/C22H33N5O2/c28-21(23-13-18-12-20(25-24-18)15-3-4-15)17-2-1-9-27(14-17)19-7-10-26(11-8-19)22(29)16-5-6-16/h12,15-17,19H,1-11,13-14H2,(H,23,28)(H,24,25)/t17-/m1/s1. The van der Waals surface area contributed by atoms with Crippen LogP contribution in [0.4, 0.5) is 0 Å². The lowest BCUT2D eigenvalue weighted by Gasteiger charge is -2.42. The zero-order valence-electron chi connectivity index (χ0n) is 17.2. The van der Waals surface area contributed by atoms with Gasteiger partial charge in [-0.1, -0.05) is 0 Å². The van der Waals surface area contributed by atoms with E-state index in [2.05, 4.69) is 31.4 Å². The van der Waals surface area contributed by atoms with Crippen molar-refractivity contribution in [1.29, 1.82) is 0 Å². The van der Waals surface area contributed by atoms with Crippen molar-refractivity contribution < 1.29 is 9.59 Å². The van der Waals surface area contributed by atoms with Crippen LogP contribution in [0.5, 0.6) is 0 Å². The third-order valence-corrected chi connectivity index (χ3v) is 7.14. The van der Waals surface area contributed by atoms with Crippen LogP contribution in [-0.2, 0) is 16.1 Å². The maximum Gasteiger partial charge on any atom is 0.225 e. The Labute approximate surface area is 172 Å². The third-order valence-electron chi connectivity index (χ3n) is 7.14. The van der Waals surface area contributed by atoms with Gasteiger partial charge in [-0.25, -0.2) is 0 Å². The van der Waals surface area contributed by atoms with E-state index in [1.54, 1.807) is 0 Å². The molecular formula is C22H33N5O2. The molecular weight excluding hydrogens is 366 g/mol. The minimum absolute atomic E-state index is 0.0701. The summed E-state index contributed by atoms with van der Waals surface area (Å²) in [6.07, 6.45) is 8.79. The van der Waals surface area contributed by atoms with Crippen LogP contribution in [0.2, 0.25) is 0 Å². The second-order valence-corrected chi connectivity index (χ2v) is 9.47. The van der Waals surface area contributed by atoms with Crippen molar-refractivity contribution in [1.82, 2.24) is 25.3 Å². The lowest BCUT2D eigenvalue weighted by molar-refractivity contribution is -0.134. The second-order valence-electron chi connectivity index (χ2n) is 9.47. The largest absolute Gasteiger partial charge is 0.350 e. The fourth-order valence-corrected chi connectivity index (χ4v) is 4.98. The van der Waals surface area contributed by atoms with Crippen LogP contribution in [0.1, 0.15) is 68.7 Å². The summed E-state index contributed by atoms with van der Waals surface area (Å²) in [5.41, 5.74) is 2.14. The molecule has 1 aromatic heterocycles. The van der Waals surface area contributed by atoms with Gasteiger partial charge in [-0.3, -0.25) is 19.6 Å². The highest BCUT2D eigenvalue weighted by atomic mass is 16.2. The fourth-order valence-electron chi connectivity index (χ4n) is 4.98. The summed E-state index contributed by atoms with van der Waals surface area (Å²) < 4.78 is 0. The van der Waals surface area contributed by atoms with E-state index in [0.717, 1.165) is 76.1 Å². The molecule has 29 heavy (non-hydrogen) atoms. The average Bonchev–Trinajstić information content (AvgIpc) is 3.70. The molecule has 4 aliphatic rings. The minimum atomic E-state index is 0.0701. The first-order valence-electron chi connectivity index (χ1n) is 11.5. The lowest BCUT2D eigenvalue weighted by atomic mass is 9.93. The number of aromatic amines is 1. The summed E-state index contributed by atoms with van der Waals surface area (Å²) in [5, 5.41) is 10.5. The van der Waals surface area contributed by atoms with Crippen molar-refractivity contribution >= 4 is 11.8 Å². The van der Waals surface area contributed by atoms with Crippen LogP contribution in [0, 0.1) is 11.8 Å². The summed E-state index contributed by atoms with van der Waals surface area (Å²) >= 11 is 0. The molecule has 0 unspecified atom stereocenters. The summed E-state index contributed by atoms with van der Waals surface area (Å²) in [6, 6.07) is 2.62. The molecule has 0 spiro atoms. The summed E-state index contributed by atoms with van der Waals surface area (Å²) in [5.74, 6) is 1.57. The zero-order valence-corrected chi connectivity index (χ0v) is 17.2. The van der Waals surface area contributed by atoms with Gasteiger partial charge in [0, 0.05) is 37.5 Å². The van der Waals surface area contributed by atoms with Crippen LogP contribution in [-0.4, -0.2) is 64.0 Å². The Morgan fingerprint density at radius 1 is 1.03 bits per heavy atom. The van der Waals surface area contributed by atoms with Gasteiger partial charge in [0.1, 0.15) is 0 Å². The Bertz CT molecular complexity index is 746. The first kappa shape index (κ1) is 19.1. The number of likely N-dealkylation sites (tertiary alicyclic amines) is 2. The number of piperidine rings is 2. The van der Waals surface area contributed by atoms with Gasteiger partial charge in [0.2, 0.25) is 11.8 Å². The van der Waals surface area contributed by atoms with E-state index < -0.39 is 0 Å². The van der Waals surface area contributed by atoms with Gasteiger partial charge in [-0.05, 0) is 64.0 Å². The highest BCUT2D eigenvalue weighted by Crippen LogP contribution is 2.39. The molecule has 0 radical (unpaired) electrons. The Morgan fingerprint density at radius 2 is 1.83 bits per heavy atom. The molecule has 2 amide bonds.